The van der Waals surface area contributed by atoms with E-state index < -0.39 is 42.4 Å². The van der Waals surface area contributed by atoms with E-state index in [1.807, 2.05) is 74.5 Å². The maximum atomic E-state index is 13.2. The van der Waals surface area contributed by atoms with Crippen LogP contribution >= 0.6 is 0 Å². The molecule has 0 heterocycles. The molecule has 2 amide bonds. The molecule has 0 aliphatic rings. The number of hydrogen-bond donors (Lipinski definition) is 5. The first-order chi connectivity index (χ1) is 16.7. The summed E-state index contributed by atoms with van der Waals surface area (Å²) in [6.45, 7) is 4.01. The maximum Gasteiger partial charge on any atom is 0.321 e. The molecule has 0 bridgehead atoms. The van der Waals surface area contributed by atoms with E-state index in [-0.39, 0.29) is 31.2 Å². The van der Waals surface area contributed by atoms with Gasteiger partial charge < -0.3 is 20.8 Å². The molecule has 5 N–H and O–H groups in total. The van der Waals surface area contributed by atoms with Crippen LogP contribution in [0.1, 0.15) is 37.8 Å². The Morgan fingerprint density at radius 3 is 1.86 bits per heavy atom. The van der Waals surface area contributed by atoms with Crippen molar-refractivity contribution >= 4 is 23.8 Å². The maximum absolute atomic E-state index is 13.2. The van der Waals surface area contributed by atoms with E-state index in [1.165, 1.54) is 0 Å². The lowest BCUT2D eigenvalue weighted by Gasteiger charge is -2.26. The second-order valence-electron chi connectivity index (χ2n) is 8.79. The number of carboxylic acid groups (broad SMARTS) is 2. The molecule has 0 saturated carbocycles. The summed E-state index contributed by atoms with van der Waals surface area (Å²) >= 11 is 0. The fourth-order valence-corrected chi connectivity index (χ4v) is 3.60. The van der Waals surface area contributed by atoms with Gasteiger partial charge in [0.2, 0.25) is 11.8 Å². The third kappa shape index (κ3) is 9.97. The van der Waals surface area contributed by atoms with Crippen LogP contribution in [0.3, 0.4) is 0 Å². The molecule has 0 aromatic heterocycles. The molecular weight excluding hydrogens is 450 g/mol. The molecule has 2 aromatic carbocycles. The Morgan fingerprint density at radius 2 is 1.34 bits per heavy atom. The van der Waals surface area contributed by atoms with Gasteiger partial charge in [-0.05, 0) is 23.5 Å². The van der Waals surface area contributed by atoms with E-state index in [0.717, 1.165) is 11.1 Å². The van der Waals surface area contributed by atoms with Crippen LogP contribution < -0.4 is 16.0 Å². The lowest BCUT2D eigenvalue weighted by atomic mass is 10.00. The summed E-state index contributed by atoms with van der Waals surface area (Å²) in [5.41, 5.74) is 1.75. The number of aliphatic carboxylic acids is 2. The second kappa shape index (κ2) is 13.9. The molecule has 0 saturated heterocycles. The highest BCUT2D eigenvalue weighted by atomic mass is 16.4. The Labute approximate surface area is 204 Å². The van der Waals surface area contributed by atoms with Crippen molar-refractivity contribution < 1.29 is 29.4 Å². The first kappa shape index (κ1) is 27.5. The zero-order chi connectivity index (χ0) is 25.8. The number of carboxylic acids is 2. The summed E-state index contributed by atoms with van der Waals surface area (Å²) in [5.74, 6) is -3.59. The molecule has 9 nitrogen and oxygen atoms in total. The molecule has 0 aliphatic carbocycles. The number of benzene rings is 2. The van der Waals surface area contributed by atoms with E-state index in [1.54, 1.807) is 0 Å². The van der Waals surface area contributed by atoms with Crippen LogP contribution in [0.4, 0.5) is 0 Å². The van der Waals surface area contributed by atoms with E-state index in [9.17, 15) is 24.3 Å². The Morgan fingerprint density at radius 1 is 0.771 bits per heavy atom. The van der Waals surface area contributed by atoms with Crippen molar-refractivity contribution in [1.29, 1.82) is 0 Å². The number of hydrogen-bond acceptors (Lipinski definition) is 5. The number of amides is 2. The van der Waals surface area contributed by atoms with Gasteiger partial charge in [0.1, 0.15) is 12.1 Å². The molecule has 2 aromatic rings. The minimum absolute atomic E-state index is 0.0111. The van der Waals surface area contributed by atoms with Gasteiger partial charge in [-0.3, -0.25) is 24.5 Å². The Bertz CT molecular complexity index is 981. The van der Waals surface area contributed by atoms with Gasteiger partial charge in [0.15, 0.2) is 0 Å². The average Bonchev–Trinajstić information content (AvgIpc) is 2.81. The lowest BCUT2D eigenvalue weighted by molar-refractivity contribution is -0.146. The zero-order valence-electron chi connectivity index (χ0n) is 19.9. The van der Waals surface area contributed by atoms with E-state index in [0.29, 0.717) is 0 Å². The predicted molar refractivity (Wildman–Crippen MR) is 130 cm³/mol. The molecule has 3 atom stereocenters. The molecule has 0 spiro atoms. The smallest absolute Gasteiger partial charge is 0.321 e. The minimum Gasteiger partial charge on any atom is -0.481 e. The van der Waals surface area contributed by atoms with Crippen LogP contribution in [0.15, 0.2) is 60.7 Å². The molecule has 35 heavy (non-hydrogen) atoms. The highest BCUT2D eigenvalue weighted by molar-refractivity contribution is 5.90. The molecule has 1 unspecified atom stereocenters. The first-order valence-corrected chi connectivity index (χ1v) is 11.5. The third-order valence-electron chi connectivity index (χ3n) is 5.33. The molecule has 9 heteroatoms. The third-order valence-corrected chi connectivity index (χ3v) is 5.33. The molecular formula is C26H33N3O6. The highest BCUT2D eigenvalue weighted by Gasteiger charge is 2.31. The van der Waals surface area contributed by atoms with Gasteiger partial charge in [0.25, 0.3) is 0 Å². The number of rotatable bonds is 14. The lowest BCUT2D eigenvalue weighted by Crippen LogP contribution is -2.56. The van der Waals surface area contributed by atoms with Crippen molar-refractivity contribution in [2.24, 2.45) is 5.92 Å². The standard InChI is InChI=1S/C26H33N3O6/c1-17(2)13-20(28-22(26(34)35)15-23(30)31)25(33)29-21(14-18-9-5-3-6-10-18)24(32)27-16-19-11-7-4-8-12-19/h3-12,17,20-22,28H,13-16H2,1-2H3,(H,27,32)(H,29,33)(H,30,31)(H,34,35)/t20?,21-,22+/m0/s1. The topological polar surface area (TPSA) is 145 Å². The fourth-order valence-electron chi connectivity index (χ4n) is 3.60. The van der Waals surface area contributed by atoms with Gasteiger partial charge in [0, 0.05) is 13.0 Å². The number of carbonyl (C=O) groups excluding carboxylic acids is 2. The molecule has 0 radical (unpaired) electrons. The number of nitrogens with one attached hydrogen (secondary N) is 3. The van der Waals surface area contributed by atoms with Gasteiger partial charge in [-0.25, -0.2) is 0 Å². The van der Waals surface area contributed by atoms with Gasteiger partial charge in [-0.15, -0.1) is 0 Å². The summed E-state index contributed by atoms with van der Waals surface area (Å²) in [6.07, 6.45) is -0.180. The van der Waals surface area contributed by atoms with Crippen LogP contribution in [0, 0.1) is 5.92 Å². The van der Waals surface area contributed by atoms with Crippen molar-refractivity contribution in [3.63, 3.8) is 0 Å². The van der Waals surface area contributed by atoms with Crippen molar-refractivity contribution in [2.45, 2.75) is 57.8 Å². The average molecular weight is 484 g/mol. The van der Waals surface area contributed by atoms with Crippen molar-refractivity contribution in [3.05, 3.63) is 71.8 Å². The quantitative estimate of drug-likeness (QED) is 0.276. The Kier molecular flexibility index (Phi) is 10.9. The minimum atomic E-state index is -1.44. The van der Waals surface area contributed by atoms with Gasteiger partial charge in [0.05, 0.1) is 12.5 Å². The van der Waals surface area contributed by atoms with Crippen LogP contribution in [-0.2, 0) is 32.1 Å². The normalized spacial score (nSPS) is 13.5. The molecule has 0 fully saturated rings. The summed E-state index contributed by atoms with van der Waals surface area (Å²) in [7, 11) is 0. The zero-order valence-corrected chi connectivity index (χ0v) is 19.9. The van der Waals surface area contributed by atoms with Crippen molar-refractivity contribution in [1.82, 2.24) is 16.0 Å². The van der Waals surface area contributed by atoms with E-state index in [2.05, 4.69) is 16.0 Å². The van der Waals surface area contributed by atoms with Crippen molar-refractivity contribution in [3.8, 4) is 0 Å². The van der Waals surface area contributed by atoms with Crippen LogP contribution in [-0.4, -0.2) is 52.1 Å². The van der Waals surface area contributed by atoms with Crippen LogP contribution in [0.25, 0.3) is 0 Å². The Hall–Kier alpha value is -3.72. The summed E-state index contributed by atoms with van der Waals surface area (Å²) in [4.78, 5) is 48.9. The largest absolute Gasteiger partial charge is 0.481 e. The molecule has 2 rings (SSSR count). The van der Waals surface area contributed by atoms with Crippen LogP contribution in [0.5, 0.6) is 0 Å². The summed E-state index contributed by atoms with van der Waals surface area (Å²) in [6, 6.07) is 15.2. The monoisotopic (exact) mass is 483 g/mol. The highest BCUT2D eigenvalue weighted by Crippen LogP contribution is 2.10. The van der Waals surface area contributed by atoms with Crippen LogP contribution in [0.2, 0.25) is 0 Å². The Balaban J connectivity index is 2.19. The fraction of sp³-hybridized carbons (Fsp3) is 0.385. The number of carbonyl (C=O) groups is 4. The summed E-state index contributed by atoms with van der Waals surface area (Å²) in [5, 5.41) is 26.7. The SMILES string of the molecule is CC(C)CC(N[C@H](CC(=O)O)C(=O)O)C(=O)N[C@@H](Cc1ccccc1)C(=O)NCc1ccccc1. The van der Waals surface area contributed by atoms with E-state index >= 15 is 0 Å². The molecule has 188 valence electrons. The first-order valence-electron chi connectivity index (χ1n) is 11.5. The molecule has 0 aliphatic heterocycles. The van der Waals surface area contributed by atoms with Crippen molar-refractivity contribution in [2.75, 3.05) is 0 Å². The van der Waals surface area contributed by atoms with Gasteiger partial charge in [-0.1, -0.05) is 74.5 Å². The second-order valence-corrected chi connectivity index (χ2v) is 8.79. The van der Waals surface area contributed by atoms with Gasteiger partial charge >= 0.3 is 11.9 Å². The van der Waals surface area contributed by atoms with E-state index in [4.69, 9.17) is 5.11 Å². The summed E-state index contributed by atoms with van der Waals surface area (Å²) < 4.78 is 0. The van der Waals surface area contributed by atoms with Gasteiger partial charge in [-0.2, -0.15) is 0 Å². The predicted octanol–water partition coefficient (Wildman–Crippen LogP) is 1.96.